The van der Waals surface area contributed by atoms with Gasteiger partial charge in [0.2, 0.25) is 0 Å². The second-order valence-corrected chi connectivity index (χ2v) is 7.41. The number of ether oxygens (including phenoxy) is 1. The van der Waals surface area contributed by atoms with E-state index in [1.165, 1.54) is 11.2 Å². The van der Waals surface area contributed by atoms with Crippen molar-refractivity contribution < 1.29 is 18.7 Å². The maximum atomic E-state index is 13.3. The molecule has 1 aliphatic rings. The Morgan fingerprint density at radius 1 is 0.968 bits per heavy atom. The SMILES string of the molecule is CCOc1cccc(NC2=C(c3ccc(C)c(C)c3)C(=O)N(Cc3ccco3)C2=O)c1. The Morgan fingerprint density at radius 3 is 2.52 bits per heavy atom. The fraction of sp³-hybridized carbons (Fsp3) is 0.200. The van der Waals surface area contributed by atoms with E-state index < -0.39 is 5.91 Å². The molecule has 6 heteroatoms. The first kappa shape index (κ1) is 20.5. The van der Waals surface area contributed by atoms with Gasteiger partial charge >= 0.3 is 0 Å². The highest BCUT2D eigenvalue weighted by molar-refractivity contribution is 6.36. The van der Waals surface area contributed by atoms with Gasteiger partial charge < -0.3 is 14.5 Å². The van der Waals surface area contributed by atoms with Gasteiger partial charge in [-0.1, -0.05) is 24.3 Å². The van der Waals surface area contributed by atoms with Crippen molar-refractivity contribution >= 4 is 23.1 Å². The molecule has 0 radical (unpaired) electrons. The average molecular weight is 416 g/mol. The molecule has 6 nitrogen and oxygen atoms in total. The molecule has 31 heavy (non-hydrogen) atoms. The minimum atomic E-state index is -0.392. The van der Waals surface area contributed by atoms with Crippen molar-refractivity contribution in [2.24, 2.45) is 0 Å². The molecule has 1 N–H and O–H groups in total. The number of carbonyl (C=O) groups is 2. The smallest absolute Gasteiger partial charge is 0.278 e. The predicted octanol–water partition coefficient (Wildman–Crippen LogP) is 4.69. The lowest BCUT2D eigenvalue weighted by Gasteiger charge is -2.14. The van der Waals surface area contributed by atoms with E-state index in [4.69, 9.17) is 9.15 Å². The van der Waals surface area contributed by atoms with Gasteiger partial charge in [-0.2, -0.15) is 0 Å². The van der Waals surface area contributed by atoms with Crippen LogP contribution >= 0.6 is 0 Å². The van der Waals surface area contributed by atoms with Gasteiger partial charge in [0.1, 0.15) is 17.2 Å². The maximum Gasteiger partial charge on any atom is 0.278 e. The summed E-state index contributed by atoms with van der Waals surface area (Å²) in [7, 11) is 0. The number of hydrogen-bond donors (Lipinski definition) is 1. The summed E-state index contributed by atoms with van der Waals surface area (Å²) >= 11 is 0. The van der Waals surface area contributed by atoms with Gasteiger partial charge in [0.25, 0.3) is 11.8 Å². The molecule has 0 unspecified atom stereocenters. The number of benzene rings is 2. The molecule has 4 rings (SSSR count). The quantitative estimate of drug-likeness (QED) is 0.566. The highest BCUT2D eigenvalue weighted by Gasteiger charge is 2.39. The van der Waals surface area contributed by atoms with E-state index in [9.17, 15) is 9.59 Å². The number of anilines is 1. The summed E-state index contributed by atoms with van der Waals surface area (Å²) in [6.45, 7) is 6.51. The van der Waals surface area contributed by atoms with Gasteiger partial charge in [-0.25, -0.2) is 0 Å². The lowest BCUT2D eigenvalue weighted by molar-refractivity contribution is -0.137. The first-order valence-corrected chi connectivity index (χ1v) is 10.2. The number of aryl methyl sites for hydroxylation is 2. The van der Waals surface area contributed by atoms with Crippen molar-refractivity contribution in [1.29, 1.82) is 0 Å². The number of furan rings is 1. The highest BCUT2D eigenvalue weighted by Crippen LogP contribution is 2.33. The van der Waals surface area contributed by atoms with E-state index in [0.29, 0.717) is 34.9 Å². The summed E-state index contributed by atoms with van der Waals surface area (Å²) in [6.07, 6.45) is 1.52. The van der Waals surface area contributed by atoms with Crippen LogP contribution in [0.15, 0.2) is 71.0 Å². The number of hydrogen-bond acceptors (Lipinski definition) is 5. The summed E-state index contributed by atoms with van der Waals surface area (Å²) in [5.41, 5.74) is 4.13. The standard InChI is InChI=1S/C25H24N2O4/c1-4-30-20-8-5-7-19(14-20)26-23-22(18-11-10-16(2)17(3)13-18)24(28)27(25(23)29)15-21-9-6-12-31-21/h5-14,26H,4,15H2,1-3H3. The molecule has 158 valence electrons. The maximum absolute atomic E-state index is 13.3. The van der Waals surface area contributed by atoms with E-state index in [1.807, 2.05) is 63.2 Å². The molecule has 0 atom stereocenters. The van der Waals surface area contributed by atoms with Crippen LogP contribution in [0.1, 0.15) is 29.4 Å². The Morgan fingerprint density at radius 2 is 1.81 bits per heavy atom. The van der Waals surface area contributed by atoms with Crippen LogP contribution in [0.25, 0.3) is 5.57 Å². The number of nitrogens with one attached hydrogen (secondary N) is 1. The lowest BCUT2D eigenvalue weighted by Crippen LogP contribution is -2.31. The summed E-state index contributed by atoms with van der Waals surface area (Å²) in [4.78, 5) is 27.9. The van der Waals surface area contributed by atoms with Crippen LogP contribution in [-0.4, -0.2) is 23.3 Å². The minimum Gasteiger partial charge on any atom is -0.494 e. The molecule has 3 aromatic rings. The van der Waals surface area contributed by atoms with Crippen LogP contribution in [0.2, 0.25) is 0 Å². The molecule has 0 saturated heterocycles. The first-order chi connectivity index (χ1) is 15.0. The second kappa shape index (κ2) is 8.52. The van der Waals surface area contributed by atoms with Gasteiger partial charge in [0, 0.05) is 11.8 Å². The monoisotopic (exact) mass is 416 g/mol. The van der Waals surface area contributed by atoms with Gasteiger partial charge in [-0.3, -0.25) is 14.5 Å². The van der Waals surface area contributed by atoms with Crippen molar-refractivity contribution in [3.05, 3.63) is 89.0 Å². The molecule has 0 fully saturated rings. The normalized spacial score (nSPS) is 13.8. The Labute approximate surface area is 181 Å². The third kappa shape index (κ3) is 4.10. The predicted molar refractivity (Wildman–Crippen MR) is 118 cm³/mol. The zero-order valence-corrected chi connectivity index (χ0v) is 17.8. The number of imide groups is 1. The molecule has 1 aromatic heterocycles. The molecular formula is C25H24N2O4. The lowest BCUT2D eigenvalue weighted by atomic mass is 9.99. The fourth-order valence-electron chi connectivity index (χ4n) is 3.53. The third-order valence-electron chi connectivity index (χ3n) is 5.27. The van der Waals surface area contributed by atoms with Crippen molar-refractivity contribution in [2.45, 2.75) is 27.3 Å². The second-order valence-electron chi connectivity index (χ2n) is 7.41. The van der Waals surface area contributed by atoms with Gasteiger partial charge in [0.15, 0.2) is 0 Å². The summed E-state index contributed by atoms with van der Waals surface area (Å²) in [5, 5.41) is 3.17. The van der Waals surface area contributed by atoms with E-state index >= 15 is 0 Å². The molecule has 2 amide bonds. The zero-order chi connectivity index (χ0) is 22.0. The molecule has 0 spiro atoms. The van der Waals surface area contributed by atoms with Crippen LogP contribution in [0.5, 0.6) is 5.75 Å². The van der Waals surface area contributed by atoms with Crippen LogP contribution in [0, 0.1) is 13.8 Å². The highest BCUT2D eigenvalue weighted by atomic mass is 16.5. The van der Waals surface area contributed by atoms with E-state index in [-0.39, 0.29) is 18.1 Å². The van der Waals surface area contributed by atoms with Gasteiger partial charge in [0.05, 0.1) is 25.0 Å². The average Bonchev–Trinajstić information content (AvgIpc) is 3.34. The largest absolute Gasteiger partial charge is 0.494 e. The molecule has 0 aliphatic carbocycles. The molecular weight excluding hydrogens is 392 g/mol. The topological polar surface area (TPSA) is 71.8 Å². The molecule has 2 aromatic carbocycles. The Kier molecular flexibility index (Phi) is 5.62. The van der Waals surface area contributed by atoms with E-state index in [0.717, 1.165) is 11.1 Å². The summed E-state index contributed by atoms with van der Waals surface area (Å²) in [6, 6.07) is 16.6. The van der Waals surface area contributed by atoms with Crippen molar-refractivity contribution in [2.75, 3.05) is 11.9 Å². The van der Waals surface area contributed by atoms with Crippen molar-refractivity contribution in [1.82, 2.24) is 4.90 Å². The van der Waals surface area contributed by atoms with Crippen LogP contribution in [-0.2, 0) is 16.1 Å². The van der Waals surface area contributed by atoms with Gasteiger partial charge in [-0.05, 0) is 61.7 Å². The summed E-state index contributed by atoms with van der Waals surface area (Å²) in [5.74, 6) is 0.482. The Hall–Kier alpha value is -3.80. The third-order valence-corrected chi connectivity index (χ3v) is 5.27. The molecule has 0 bridgehead atoms. The number of nitrogens with zero attached hydrogens (tertiary/aromatic N) is 1. The Bertz CT molecular complexity index is 1160. The van der Waals surface area contributed by atoms with E-state index in [1.54, 1.807) is 12.1 Å². The molecule has 0 saturated carbocycles. The van der Waals surface area contributed by atoms with Crippen LogP contribution in [0.3, 0.4) is 0 Å². The number of rotatable bonds is 7. The molecule has 2 heterocycles. The minimum absolute atomic E-state index is 0.0726. The van der Waals surface area contributed by atoms with Crippen LogP contribution < -0.4 is 10.1 Å². The molecule has 1 aliphatic heterocycles. The van der Waals surface area contributed by atoms with Crippen molar-refractivity contribution in [3.8, 4) is 5.75 Å². The number of amides is 2. The summed E-state index contributed by atoms with van der Waals surface area (Å²) < 4.78 is 10.9. The van der Waals surface area contributed by atoms with E-state index in [2.05, 4.69) is 5.32 Å². The first-order valence-electron chi connectivity index (χ1n) is 10.2. The van der Waals surface area contributed by atoms with Crippen molar-refractivity contribution in [3.63, 3.8) is 0 Å². The number of carbonyl (C=O) groups excluding carboxylic acids is 2. The Balaban J connectivity index is 1.75. The fourth-order valence-corrected chi connectivity index (χ4v) is 3.53. The zero-order valence-electron chi connectivity index (χ0n) is 17.8. The van der Waals surface area contributed by atoms with Crippen LogP contribution in [0.4, 0.5) is 5.69 Å². The van der Waals surface area contributed by atoms with Gasteiger partial charge in [-0.15, -0.1) is 0 Å².